The van der Waals surface area contributed by atoms with E-state index < -0.39 is 8.80 Å². The van der Waals surface area contributed by atoms with Crippen molar-refractivity contribution in [1.29, 1.82) is 0 Å². The lowest BCUT2D eigenvalue weighted by Gasteiger charge is -2.30. The maximum atomic E-state index is 5.74. The Bertz CT molecular complexity index is 141. The SMILES string of the molecule is CCO[Si](CC(C)CS)(OCC)OCC. The molecule has 5 heteroatoms. The lowest BCUT2D eigenvalue weighted by Crippen LogP contribution is -2.47. The minimum absolute atomic E-state index is 0.463. The molecule has 0 heterocycles. The minimum Gasteiger partial charge on any atom is -0.374 e. The summed E-state index contributed by atoms with van der Waals surface area (Å²) in [6.07, 6.45) is 0. The van der Waals surface area contributed by atoms with Gasteiger partial charge in [-0.3, -0.25) is 0 Å². The van der Waals surface area contributed by atoms with Crippen LogP contribution in [0.4, 0.5) is 0 Å². The molecule has 0 bridgehead atoms. The van der Waals surface area contributed by atoms with E-state index in [1.54, 1.807) is 0 Å². The van der Waals surface area contributed by atoms with Crippen LogP contribution in [-0.4, -0.2) is 34.4 Å². The van der Waals surface area contributed by atoms with Crippen LogP contribution in [0.3, 0.4) is 0 Å². The van der Waals surface area contributed by atoms with Crippen molar-refractivity contribution in [1.82, 2.24) is 0 Å². The highest BCUT2D eigenvalue weighted by atomic mass is 32.1. The van der Waals surface area contributed by atoms with Crippen LogP contribution in [0.5, 0.6) is 0 Å². The number of hydrogen-bond acceptors (Lipinski definition) is 4. The maximum absolute atomic E-state index is 5.74. The van der Waals surface area contributed by atoms with E-state index >= 15 is 0 Å². The third kappa shape index (κ3) is 5.92. The van der Waals surface area contributed by atoms with Crippen LogP contribution in [0.1, 0.15) is 27.7 Å². The highest BCUT2D eigenvalue weighted by molar-refractivity contribution is 7.80. The molecule has 0 saturated heterocycles. The molecule has 0 N–H and O–H groups in total. The molecule has 0 aliphatic rings. The molecule has 0 aromatic carbocycles. The quantitative estimate of drug-likeness (QED) is 0.505. The normalized spacial score (nSPS) is 14.2. The summed E-state index contributed by atoms with van der Waals surface area (Å²) in [5.74, 6) is 1.30. The predicted molar refractivity (Wildman–Crippen MR) is 68.5 cm³/mol. The van der Waals surface area contributed by atoms with Crippen molar-refractivity contribution in [3.8, 4) is 0 Å². The topological polar surface area (TPSA) is 27.7 Å². The molecule has 0 amide bonds. The molecule has 0 aliphatic heterocycles. The molecule has 0 radical (unpaired) electrons. The van der Waals surface area contributed by atoms with E-state index in [1.165, 1.54) is 0 Å². The fraction of sp³-hybridized carbons (Fsp3) is 1.00. The Morgan fingerprint density at radius 2 is 1.40 bits per heavy atom. The van der Waals surface area contributed by atoms with E-state index in [4.69, 9.17) is 13.3 Å². The van der Waals surface area contributed by atoms with Gasteiger partial charge in [-0.1, -0.05) is 6.92 Å². The van der Waals surface area contributed by atoms with Gasteiger partial charge in [0.1, 0.15) is 0 Å². The van der Waals surface area contributed by atoms with Crippen LogP contribution in [0, 0.1) is 5.92 Å². The standard InChI is InChI=1S/C10H24O3SSi/c1-5-11-15(12-6-2,13-7-3)9-10(4)8-14/h10,14H,5-9H2,1-4H3. The van der Waals surface area contributed by atoms with Gasteiger partial charge in [0.2, 0.25) is 0 Å². The van der Waals surface area contributed by atoms with Gasteiger partial charge in [-0.15, -0.1) is 0 Å². The number of thiol groups is 1. The first kappa shape index (κ1) is 15.4. The molecular formula is C10H24O3SSi. The number of rotatable bonds is 9. The fourth-order valence-corrected chi connectivity index (χ4v) is 4.75. The summed E-state index contributed by atoms with van der Waals surface area (Å²) in [7, 11) is -2.43. The zero-order chi connectivity index (χ0) is 11.7. The van der Waals surface area contributed by atoms with Gasteiger partial charge in [0, 0.05) is 25.9 Å². The maximum Gasteiger partial charge on any atom is 0.501 e. The van der Waals surface area contributed by atoms with Gasteiger partial charge < -0.3 is 13.3 Å². The summed E-state index contributed by atoms with van der Waals surface area (Å²) >= 11 is 4.29. The lowest BCUT2D eigenvalue weighted by molar-refractivity contribution is 0.0684. The first-order valence-corrected chi connectivity index (χ1v) is 8.23. The molecule has 1 unspecified atom stereocenters. The molecule has 0 aliphatic carbocycles. The largest absolute Gasteiger partial charge is 0.501 e. The summed E-state index contributed by atoms with van der Waals surface area (Å²) in [5.41, 5.74) is 0. The van der Waals surface area contributed by atoms with Crippen molar-refractivity contribution in [2.24, 2.45) is 5.92 Å². The monoisotopic (exact) mass is 252 g/mol. The highest BCUT2D eigenvalue weighted by Gasteiger charge is 2.41. The molecule has 3 nitrogen and oxygen atoms in total. The predicted octanol–water partition coefficient (Wildman–Crippen LogP) is 2.60. The molecule has 15 heavy (non-hydrogen) atoms. The second kappa shape index (κ2) is 8.58. The minimum atomic E-state index is -2.43. The molecule has 0 aromatic heterocycles. The Kier molecular flexibility index (Phi) is 8.84. The van der Waals surface area contributed by atoms with E-state index in [9.17, 15) is 0 Å². The summed E-state index contributed by atoms with van der Waals surface area (Å²) in [6, 6.07) is 0.853. The van der Waals surface area contributed by atoms with E-state index in [0.29, 0.717) is 25.7 Å². The van der Waals surface area contributed by atoms with Gasteiger partial charge in [0.15, 0.2) is 0 Å². The van der Waals surface area contributed by atoms with Crippen LogP contribution in [0.25, 0.3) is 0 Å². The first-order chi connectivity index (χ1) is 7.14. The molecule has 0 saturated carbocycles. The zero-order valence-corrected chi connectivity index (χ0v) is 12.2. The van der Waals surface area contributed by atoms with Crippen molar-refractivity contribution in [3.05, 3.63) is 0 Å². The molecule has 0 fully saturated rings. The molecular weight excluding hydrogens is 228 g/mol. The van der Waals surface area contributed by atoms with E-state index in [2.05, 4.69) is 19.6 Å². The highest BCUT2D eigenvalue weighted by Crippen LogP contribution is 2.22. The van der Waals surface area contributed by atoms with Crippen LogP contribution < -0.4 is 0 Å². The van der Waals surface area contributed by atoms with Crippen molar-refractivity contribution < 1.29 is 13.3 Å². The van der Waals surface area contributed by atoms with Crippen molar-refractivity contribution in [2.75, 3.05) is 25.6 Å². The molecule has 0 aromatic rings. The van der Waals surface area contributed by atoms with Crippen LogP contribution in [-0.2, 0) is 13.3 Å². The van der Waals surface area contributed by atoms with Gasteiger partial charge in [-0.05, 0) is 32.4 Å². The van der Waals surface area contributed by atoms with Crippen LogP contribution in [0.2, 0.25) is 6.04 Å². The fourth-order valence-electron chi connectivity index (χ4n) is 1.45. The van der Waals surface area contributed by atoms with Crippen LogP contribution in [0.15, 0.2) is 0 Å². The second-order valence-electron chi connectivity index (χ2n) is 3.47. The van der Waals surface area contributed by atoms with Crippen LogP contribution >= 0.6 is 12.6 Å². The van der Waals surface area contributed by atoms with Gasteiger partial charge >= 0.3 is 8.80 Å². The summed E-state index contributed by atoms with van der Waals surface area (Å²) < 4.78 is 17.2. The molecule has 0 spiro atoms. The zero-order valence-electron chi connectivity index (χ0n) is 10.3. The Labute approximate surface area is 100 Å². The molecule has 0 rings (SSSR count). The van der Waals surface area contributed by atoms with E-state index in [1.807, 2.05) is 20.8 Å². The first-order valence-electron chi connectivity index (χ1n) is 5.66. The Morgan fingerprint density at radius 3 is 1.67 bits per heavy atom. The van der Waals surface area contributed by atoms with Gasteiger partial charge in [-0.2, -0.15) is 12.6 Å². The van der Waals surface area contributed by atoms with E-state index in [0.717, 1.165) is 11.8 Å². The van der Waals surface area contributed by atoms with Crippen molar-refractivity contribution >= 4 is 21.4 Å². The average molecular weight is 252 g/mol. The van der Waals surface area contributed by atoms with Gasteiger partial charge in [0.05, 0.1) is 0 Å². The summed E-state index contributed by atoms with van der Waals surface area (Å²) in [6.45, 7) is 10.0. The summed E-state index contributed by atoms with van der Waals surface area (Å²) in [4.78, 5) is 0. The Morgan fingerprint density at radius 1 is 1.00 bits per heavy atom. The lowest BCUT2D eigenvalue weighted by atomic mass is 10.3. The number of hydrogen-bond donors (Lipinski definition) is 1. The average Bonchev–Trinajstić information content (AvgIpc) is 2.18. The second-order valence-corrected chi connectivity index (χ2v) is 6.48. The van der Waals surface area contributed by atoms with Gasteiger partial charge in [-0.25, -0.2) is 0 Å². The van der Waals surface area contributed by atoms with Gasteiger partial charge in [0.25, 0.3) is 0 Å². The Hall–Kier alpha value is 0.447. The third-order valence-corrected chi connectivity index (χ3v) is 6.01. The molecule has 1 atom stereocenters. The third-order valence-electron chi connectivity index (χ3n) is 2.00. The summed E-state index contributed by atoms with van der Waals surface area (Å²) in [5, 5.41) is 0. The molecule has 92 valence electrons. The smallest absolute Gasteiger partial charge is 0.374 e. The Balaban J connectivity index is 4.44. The van der Waals surface area contributed by atoms with E-state index in [-0.39, 0.29) is 0 Å². The van der Waals surface area contributed by atoms with Crippen molar-refractivity contribution in [2.45, 2.75) is 33.7 Å². The van der Waals surface area contributed by atoms with Crippen molar-refractivity contribution in [3.63, 3.8) is 0 Å².